The molecular weight excluding hydrogens is 304 g/mol. The maximum atomic E-state index is 12.2. The van der Waals surface area contributed by atoms with E-state index >= 15 is 0 Å². The first-order chi connectivity index (χ1) is 11.3. The van der Waals surface area contributed by atoms with Gasteiger partial charge in [0.15, 0.2) is 6.61 Å². The summed E-state index contributed by atoms with van der Waals surface area (Å²) in [6, 6.07) is 2.01. The Morgan fingerprint density at radius 2 is 2.00 bits per heavy atom. The van der Waals surface area contributed by atoms with Gasteiger partial charge in [0.05, 0.1) is 5.56 Å². The SMILES string of the molecule is CCn1c(C)cc(C(=O)OCC(=O)N[C@@H]2CCC[C@H](C)[C@@H]2C)c1C. The Labute approximate surface area is 144 Å². The van der Waals surface area contributed by atoms with E-state index in [1.807, 2.05) is 26.8 Å². The zero-order valence-corrected chi connectivity index (χ0v) is 15.5. The van der Waals surface area contributed by atoms with Gasteiger partial charge in [0.1, 0.15) is 0 Å². The number of aromatic nitrogens is 1. The lowest BCUT2D eigenvalue weighted by molar-refractivity contribution is -0.125. The minimum absolute atomic E-state index is 0.185. The molecule has 1 heterocycles. The number of hydrogen-bond acceptors (Lipinski definition) is 3. The number of carbonyl (C=O) groups excluding carboxylic acids is 2. The van der Waals surface area contributed by atoms with E-state index in [0.717, 1.165) is 30.8 Å². The monoisotopic (exact) mass is 334 g/mol. The molecule has 0 bridgehead atoms. The predicted octanol–water partition coefficient (Wildman–Crippen LogP) is 3.22. The molecule has 1 fully saturated rings. The van der Waals surface area contributed by atoms with E-state index in [0.29, 0.717) is 17.4 Å². The first kappa shape index (κ1) is 18.6. The van der Waals surface area contributed by atoms with Gasteiger partial charge in [-0.3, -0.25) is 4.79 Å². The van der Waals surface area contributed by atoms with E-state index in [9.17, 15) is 9.59 Å². The molecule has 5 heteroatoms. The average Bonchev–Trinajstić information content (AvgIpc) is 2.83. The Hall–Kier alpha value is -1.78. The Bertz CT molecular complexity index is 606. The molecule has 1 aromatic heterocycles. The summed E-state index contributed by atoms with van der Waals surface area (Å²) >= 11 is 0. The van der Waals surface area contributed by atoms with Gasteiger partial charge in [-0.1, -0.05) is 26.7 Å². The van der Waals surface area contributed by atoms with Gasteiger partial charge < -0.3 is 14.6 Å². The second-order valence-electron chi connectivity index (χ2n) is 7.05. The van der Waals surface area contributed by atoms with Crippen molar-refractivity contribution in [3.8, 4) is 0 Å². The average molecular weight is 334 g/mol. The van der Waals surface area contributed by atoms with E-state index in [2.05, 4.69) is 23.7 Å². The molecule has 2 rings (SSSR count). The van der Waals surface area contributed by atoms with E-state index in [-0.39, 0.29) is 18.6 Å². The van der Waals surface area contributed by atoms with Crippen molar-refractivity contribution in [2.45, 2.75) is 66.5 Å². The van der Waals surface area contributed by atoms with Crippen LogP contribution in [0.4, 0.5) is 0 Å². The van der Waals surface area contributed by atoms with Crippen molar-refractivity contribution < 1.29 is 14.3 Å². The van der Waals surface area contributed by atoms with E-state index in [4.69, 9.17) is 4.74 Å². The molecule has 1 aromatic rings. The maximum absolute atomic E-state index is 12.2. The minimum Gasteiger partial charge on any atom is -0.452 e. The molecule has 0 unspecified atom stereocenters. The van der Waals surface area contributed by atoms with E-state index in [1.54, 1.807) is 0 Å². The van der Waals surface area contributed by atoms with Crippen LogP contribution in [0.2, 0.25) is 0 Å². The molecule has 3 atom stereocenters. The second kappa shape index (κ2) is 7.86. The molecule has 0 radical (unpaired) electrons. The molecule has 1 N–H and O–H groups in total. The van der Waals surface area contributed by atoms with Crippen LogP contribution in [-0.2, 0) is 16.1 Å². The number of amides is 1. The van der Waals surface area contributed by atoms with Crippen LogP contribution in [0.3, 0.4) is 0 Å². The third-order valence-corrected chi connectivity index (χ3v) is 5.50. The largest absolute Gasteiger partial charge is 0.452 e. The number of ether oxygens (including phenoxy) is 1. The standard InChI is InChI=1S/C19H30N2O3/c1-6-21-13(3)10-16(15(21)5)19(23)24-11-18(22)20-17-9-7-8-12(2)14(17)4/h10,12,14,17H,6-9,11H2,1-5H3,(H,20,22)/t12-,14-,17+/m0/s1. The summed E-state index contributed by atoms with van der Waals surface area (Å²) in [4.78, 5) is 24.4. The Balaban J connectivity index is 1.88. The fraction of sp³-hybridized carbons (Fsp3) is 0.684. The number of nitrogens with zero attached hydrogens (tertiary/aromatic N) is 1. The molecule has 1 saturated carbocycles. The highest BCUT2D eigenvalue weighted by molar-refractivity contribution is 5.92. The number of hydrogen-bond donors (Lipinski definition) is 1. The summed E-state index contributed by atoms with van der Waals surface area (Å²) in [6.45, 7) is 10.9. The summed E-state index contributed by atoms with van der Waals surface area (Å²) in [5, 5.41) is 3.03. The van der Waals surface area contributed by atoms with Gasteiger partial charge in [-0.15, -0.1) is 0 Å². The van der Waals surface area contributed by atoms with Crippen LogP contribution < -0.4 is 5.32 Å². The Kier molecular flexibility index (Phi) is 6.08. The number of carbonyl (C=O) groups is 2. The topological polar surface area (TPSA) is 60.3 Å². The van der Waals surface area contributed by atoms with Crippen molar-refractivity contribution in [1.82, 2.24) is 9.88 Å². The van der Waals surface area contributed by atoms with Crippen LogP contribution >= 0.6 is 0 Å². The van der Waals surface area contributed by atoms with Crippen LogP contribution in [0.5, 0.6) is 0 Å². The molecule has 0 saturated heterocycles. The van der Waals surface area contributed by atoms with Crippen molar-refractivity contribution in [2.24, 2.45) is 11.8 Å². The molecule has 134 valence electrons. The van der Waals surface area contributed by atoms with Gasteiger partial charge in [0.25, 0.3) is 5.91 Å². The lowest BCUT2D eigenvalue weighted by atomic mass is 9.78. The first-order valence-corrected chi connectivity index (χ1v) is 8.98. The molecule has 1 aliphatic rings. The first-order valence-electron chi connectivity index (χ1n) is 8.98. The number of aryl methyl sites for hydroxylation is 1. The van der Waals surface area contributed by atoms with Crippen molar-refractivity contribution in [3.05, 3.63) is 23.0 Å². The Morgan fingerprint density at radius 1 is 1.29 bits per heavy atom. The van der Waals surface area contributed by atoms with Gasteiger partial charge in [0.2, 0.25) is 0 Å². The number of esters is 1. The van der Waals surface area contributed by atoms with E-state index in [1.165, 1.54) is 6.42 Å². The number of rotatable bonds is 5. The minimum atomic E-state index is -0.428. The highest BCUT2D eigenvalue weighted by atomic mass is 16.5. The van der Waals surface area contributed by atoms with Crippen molar-refractivity contribution >= 4 is 11.9 Å². The zero-order valence-electron chi connectivity index (χ0n) is 15.5. The summed E-state index contributed by atoms with van der Waals surface area (Å²) in [6.07, 6.45) is 3.36. The summed E-state index contributed by atoms with van der Waals surface area (Å²) in [5.41, 5.74) is 2.45. The van der Waals surface area contributed by atoms with E-state index < -0.39 is 5.97 Å². The van der Waals surface area contributed by atoms with Crippen molar-refractivity contribution in [2.75, 3.05) is 6.61 Å². The second-order valence-corrected chi connectivity index (χ2v) is 7.05. The summed E-state index contributed by atoms with van der Waals surface area (Å²) in [7, 11) is 0. The summed E-state index contributed by atoms with van der Waals surface area (Å²) in [5.74, 6) is 0.439. The summed E-state index contributed by atoms with van der Waals surface area (Å²) < 4.78 is 7.28. The lowest BCUT2D eigenvalue weighted by Gasteiger charge is -2.34. The fourth-order valence-corrected chi connectivity index (χ4v) is 3.74. The molecular formula is C19H30N2O3. The lowest BCUT2D eigenvalue weighted by Crippen LogP contribution is -2.45. The normalized spacial score (nSPS) is 23.8. The number of nitrogens with one attached hydrogen (secondary N) is 1. The third-order valence-electron chi connectivity index (χ3n) is 5.50. The van der Waals surface area contributed by atoms with Gasteiger partial charge in [-0.25, -0.2) is 4.79 Å². The third kappa shape index (κ3) is 4.00. The van der Waals surface area contributed by atoms with Gasteiger partial charge >= 0.3 is 5.97 Å². The Morgan fingerprint density at radius 3 is 2.62 bits per heavy atom. The fourth-order valence-electron chi connectivity index (χ4n) is 3.74. The molecule has 0 spiro atoms. The van der Waals surface area contributed by atoms with Crippen LogP contribution in [0.25, 0.3) is 0 Å². The van der Waals surface area contributed by atoms with Crippen molar-refractivity contribution in [1.29, 1.82) is 0 Å². The van der Waals surface area contributed by atoms with Gasteiger partial charge in [-0.05, 0) is 45.1 Å². The van der Waals surface area contributed by atoms with Crippen molar-refractivity contribution in [3.63, 3.8) is 0 Å². The highest BCUT2D eigenvalue weighted by Gasteiger charge is 2.28. The van der Waals surface area contributed by atoms with Crippen LogP contribution in [0, 0.1) is 25.7 Å². The molecule has 0 aliphatic heterocycles. The van der Waals surface area contributed by atoms with Gasteiger partial charge in [-0.2, -0.15) is 0 Å². The van der Waals surface area contributed by atoms with Crippen LogP contribution in [-0.4, -0.2) is 29.1 Å². The molecule has 1 aliphatic carbocycles. The van der Waals surface area contributed by atoms with Gasteiger partial charge in [0, 0.05) is 24.0 Å². The molecule has 1 amide bonds. The molecule has 5 nitrogen and oxygen atoms in total. The van der Waals surface area contributed by atoms with Crippen LogP contribution in [0.1, 0.15) is 61.8 Å². The zero-order chi connectivity index (χ0) is 17.9. The molecule has 0 aromatic carbocycles. The highest BCUT2D eigenvalue weighted by Crippen LogP contribution is 2.29. The van der Waals surface area contributed by atoms with Crippen LogP contribution in [0.15, 0.2) is 6.07 Å². The maximum Gasteiger partial charge on any atom is 0.340 e. The quantitative estimate of drug-likeness (QED) is 0.841. The predicted molar refractivity (Wildman–Crippen MR) is 94.0 cm³/mol. The smallest absolute Gasteiger partial charge is 0.340 e. The molecule has 24 heavy (non-hydrogen) atoms.